The summed E-state index contributed by atoms with van der Waals surface area (Å²) in [6.07, 6.45) is 15.6. The van der Waals surface area contributed by atoms with Crippen LogP contribution in [0.25, 0.3) is 5.57 Å². The molecule has 6 rings (SSSR count). The van der Waals surface area contributed by atoms with Crippen LogP contribution in [0.5, 0.6) is 0 Å². The highest BCUT2D eigenvalue weighted by molar-refractivity contribution is 7.16. The van der Waals surface area contributed by atoms with E-state index in [-0.39, 0.29) is 11.1 Å². The fourth-order valence-corrected chi connectivity index (χ4v) is 10.9. The normalized spacial score (nSPS) is 34.1. The predicted molar refractivity (Wildman–Crippen MR) is 159 cm³/mol. The Kier molecular flexibility index (Phi) is 7.22. The average Bonchev–Trinajstić information content (AvgIpc) is 3.45. The van der Waals surface area contributed by atoms with Gasteiger partial charge in [-0.05, 0) is 109 Å². The molecule has 39 heavy (non-hydrogen) atoms. The third-order valence-corrected chi connectivity index (χ3v) is 12.7. The van der Waals surface area contributed by atoms with Crippen molar-refractivity contribution in [2.75, 3.05) is 5.32 Å². The average molecular weight is 553 g/mol. The number of benzene rings is 1. The molecule has 0 spiro atoms. The summed E-state index contributed by atoms with van der Waals surface area (Å²) >= 11 is 1.65. The number of nitrogens with zero attached hydrogens (tertiary/aromatic N) is 1. The lowest BCUT2D eigenvalue weighted by molar-refractivity contribution is -0.0392. The highest BCUT2D eigenvalue weighted by Gasteiger charge is 2.59. The molecule has 2 saturated carbocycles. The molecule has 0 radical (unpaired) electrons. The van der Waals surface area contributed by atoms with Crippen LogP contribution in [0.4, 0.5) is 19.6 Å². The second-order valence-corrected chi connectivity index (χ2v) is 15.2. The molecule has 4 aliphatic carbocycles. The van der Waals surface area contributed by atoms with E-state index in [4.69, 9.17) is 4.98 Å². The largest absolute Gasteiger partial charge is 0.329 e. The van der Waals surface area contributed by atoms with Gasteiger partial charge in [-0.15, -0.1) is 0 Å². The fraction of sp³-hybridized carbons (Fsp3) is 0.676. The van der Waals surface area contributed by atoms with E-state index < -0.39 is 11.6 Å². The molecule has 0 unspecified atom stereocenters. The molecule has 1 aromatic heterocycles. The number of aromatic nitrogens is 1. The van der Waals surface area contributed by atoms with Gasteiger partial charge in [-0.3, -0.25) is 0 Å². The first-order chi connectivity index (χ1) is 18.6. The molecule has 1 N–H and O–H groups in total. The van der Waals surface area contributed by atoms with Crippen LogP contribution in [0.15, 0.2) is 24.3 Å². The molecular formula is C34H46F2N2S. The molecule has 0 bridgehead atoms. The van der Waals surface area contributed by atoms with Crippen molar-refractivity contribution in [2.24, 2.45) is 46.3 Å². The summed E-state index contributed by atoms with van der Waals surface area (Å²) in [7, 11) is 0. The van der Waals surface area contributed by atoms with Crippen molar-refractivity contribution in [2.45, 2.75) is 98.8 Å². The molecular weight excluding hydrogens is 506 g/mol. The van der Waals surface area contributed by atoms with E-state index in [9.17, 15) is 8.78 Å². The first-order valence-corrected chi connectivity index (χ1v) is 16.3. The Hall–Kier alpha value is -1.75. The molecule has 2 aromatic rings. The van der Waals surface area contributed by atoms with Gasteiger partial charge < -0.3 is 5.32 Å². The molecule has 1 heterocycles. The monoisotopic (exact) mass is 552 g/mol. The van der Waals surface area contributed by atoms with Crippen molar-refractivity contribution < 1.29 is 8.78 Å². The first kappa shape index (κ1) is 27.4. The van der Waals surface area contributed by atoms with Gasteiger partial charge in [-0.1, -0.05) is 71.3 Å². The standard InChI is InChI=1S/C34H46F2N2S/c1-20(2)7-6-8-21(3)24-12-13-25-23-10-11-27-31-30(16-18-34(27,5)26(23)15-17-33(24,25)4)38-32(39-31)37-29-14-9-22(35)19-28(29)36/h9,11,14,19-21,23-26H,6-8,10,12-13,15-18H2,1-5H3,(H,37,38)/t21-,23+,24-,25+,26+,33-,34-/m1/s1. The fourth-order valence-electron chi connectivity index (χ4n) is 9.66. The van der Waals surface area contributed by atoms with Crippen molar-refractivity contribution in [3.8, 4) is 0 Å². The van der Waals surface area contributed by atoms with Crippen LogP contribution in [-0.2, 0) is 6.42 Å². The lowest BCUT2D eigenvalue weighted by atomic mass is 9.47. The van der Waals surface area contributed by atoms with Crippen LogP contribution in [0.2, 0.25) is 0 Å². The van der Waals surface area contributed by atoms with Crippen molar-refractivity contribution in [1.82, 2.24) is 4.98 Å². The van der Waals surface area contributed by atoms with E-state index in [0.717, 1.165) is 60.1 Å². The summed E-state index contributed by atoms with van der Waals surface area (Å²) in [5, 5.41) is 3.84. The molecule has 2 fully saturated rings. The third-order valence-electron chi connectivity index (χ3n) is 11.7. The zero-order valence-electron chi connectivity index (χ0n) is 24.5. The van der Waals surface area contributed by atoms with Gasteiger partial charge in [0.2, 0.25) is 0 Å². The number of fused-ring (bicyclic) bond motifs is 7. The molecule has 7 atom stereocenters. The highest BCUT2D eigenvalue weighted by atomic mass is 32.1. The number of hydrogen-bond acceptors (Lipinski definition) is 3. The van der Waals surface area contributed by atoms with Crippen LogP contribution in [0, 0.1) is 58.0 Å². The number of halogens is 2. The summed E-state index contributed by atoms with van der Waals surface area (Å²) in [5.74, 6) is 3.78. The first-order valence-electron chi connectivity index (χ1n) is 15.5. The highest BCUT2D eigenvalue weighted by Crippen LogP contribution is 2.68. The van der Waals surface area contributed by atoms with Gasteiger partial charge in [0, 0.05) is 6.07 Å². The van der Waals surface area contributed by atoms with Gasteiger partial charge in [-0.25, -0.2) is 13.8 Å². The Balaban J connectivity index is 1.22. The van der Waals surface area contributed by atoms with E-state index >= 15 is 0 Å². The van der Waals surface area contributed by atoms with Crippen LogP contribution >= 0.6 is 11.3 Å². The molecule has 0 saturated heterocycles. The number of rotatable bonds is 7. The Morgan fingerprint density at radius 2 is 1.87 bits per heavy atom. The summed E-state index contributed by atoms with van der Waals surface area (Å²) in [6.45, 7) is 12.5. The quantitative estimate of drug-likeness (QED) is 0.369. The minimum absolute atomic E-state index is 0.198. The van der Waals surface area contributed by atoms with Crippen LogP contribution < -0.4 is 5.32 Å². The van der Waals surface area contributed by atoms with Gasteiger partial charge in [-0.2, -0.15) is 0 Å². The summed E-state index contributed by atoms with van der Waals surface area (Å²) in [4.78, 5) is 6.17. The molecule has 5 heteroatoms. The summed E-state index contributed by atoms with van der Waals surface area (Å²) in [5.41, 5.74) is 3.62. The van der Waals surface area contributed by atoms with Crippen molar-refractivity contribution in [1.29, 1.82) is 0 Å². The van der Waals surface area contributed by atoms with Gasteiger partial charge >= 0.3 is 0 Å². The number of anilines is 2. The van der Waals surface area contributed by atoms with Crippen LogP contribution in [-0.4, -0.2) is 4.98 Å². The molecule has 2 nitrogen and oxygen atoms in total. The molecule has 212 valence electrons. The zero-order valence-corrected chi connectivity index (χ0v) is 25.3. The smallest absolute Gasteiger partial charge is 0.188 e. The predicted octanol–water partition coefficient (Wildman–Crippen LogP) is 10.4. The van der Waals surface area contributed by atoms with E-state index in [2.05, 4.69) is 46.0 Å². The Morgan fingerprint density at radius 3 is 2.64 bits per heavy atom. The van der Waals surface area contributed by atoms with Crippen LogP contribution in [0.3, 0.4) is 0 Å². The second kappa shape index (κ2) is 10.3. The van der Waals surface area contributed by atoms with E-state index in [0.29, 0.717) is 10.5 Å². The Bertz CT molecular complexity index is 1250. The second-order valence-electron chi connectivity index (χ2n) is 14.2. The van der Waals surface area contributed by atoms with Crippen molar-refractivity contribution in [3.05, 3.63) is 46.5 Å². The van der Waals surface area contributed by atoms with E-state index in [1.807, 2.05) is 0 Å². The SMILES string of the molecule is CC(C)CCC[C@@H](C)[C@H]1CC[C@H]2[C@@H]3CC=C4c5sc(Nc6ccc(F)cc6F)nc5CC[C@]4(C)[C@H]3CC[C@]12C. The lowest BCUT2D eigenvalue weighted by Gasteiger charge is -2.57. The Morgan fingerprint density at radius 1 is 1.05 bits per heavy atom. The molecule has 0 amide bonds. The maximum Gasteiger partial charge on any atom is 0.188 e. The van der Waals surface area contributed by atoms with Gasteiger partial charge in [0.25, 0.3) is 0 Å². The third kappa shape index (κ3) is 4.69. The maximum absolute atomic E-state index is 14.3. The van der Waals surface area contributed by atoms with Crippen LogP contribution in [0.1, 0.15) is 103 Å². The van der Waals surface area contributed by atoms with Gasteiger partial charge in [0.1, 0.15) is 11.6 Å². The summed E-state index contributed by atoms with van der Waals surface area (Å²) in [6, 6.07) is 3.67. The summed E-state index contributed by atoms with van der Waals surface area (Å²) < 4.78 is 27.7. The molecule has 0 aliphatic heterocycles. The lowest BCUT2D eigenvalue weighted by Crippen LogP contribution is -2.49. The maximum atomic E-state index is 14.3. The minimum atomic E-state index is -0.581. The van der Waals surface area contributed by atoms with E-state index in [1.54, 1.807) is 11.3 Å². The van der Waals surface area contributed by atoms with Crippen molar-refractivity contribution >= 4 is 27.7 Å². The van der Waals surface area contributed by atoms with Gasteiger partial charge in [0.15, 0.2) is 5.13 Å². The topological polar surface area (TPSA) is 24.9 Å². The number of hydrogen-bond donors (Lipinski definition) is 1. The van der Waals surface area contributed by atoms with Crippen molar-refractivity contribution in [3.63, 3.8) is 0 Å². The number of thiazole rings is 1. The Labute approximate surface area is 238 Å². The number of nitrogens with one attached hydrogen (secondary N) is 1. The molecule has 4 aliphatic rings. The van der Waals surface area contributed by atoms with E-state index in [1.165, 1.54) is 73.9 Å². The van der Waals surface area contributed by atoms with Gasteiger partial charge in [0.05, 0.1) is 16.3 Å². The number of allylic oxidation sites excluding steroid dienone is 2. The number of aryl methyl sites for hydroxylation is 1. The molecule has 1 aromatic carbocycles. The minimum Gasteiger partial charge on any atom is -0.329 e. The zero-order chi connectivity index (χ0) is 27.5.